The van der Waals surface area contributed by atoms with Gasteiger partial charge in [-0.25, -0.2) is 22.2 Å². The minimum Gasteiger partial charge on any atom is -0.289 e. The lowest BCUT2D eigenvalue weighted by Gasteiger charge is -2.45. The lowest BCUT2D eigenvalue weighted by molar-refractivity contribution is -0.0422. The predicted octanol–water partition coefficient (Wildman–Crippen LogP) is 4.89. The van der Waals surface area contributed by atoms with E-state index in [2.05, 4.69) is 24.0 Å². The molecule has 0 unspecified atom stereocenters. The molecule has 1 saturated heterocycles. The number of aromatic nitrogens is 3. The number of nitrogens with zero attached hydrogens (tertiary/aromatic N) is 4. The van der Waals surface area contributed by atoms with Crippen molar-refractivity contribution in [1.82, 2.24) is 19.2 Å². The van der Waals surface area contributed by atoms with E-state index in [0.717, 1.165) is 49.0 Å². The number of nitrogens with one attached hydrogen (secondary N) is 1. The Morgan fingerprint density at radius 1 is 1.15 bits per heavy atom. The Morgan fingerprint density at radius 2 is 2.03 bits per heavy atom. The van der Waals surface area contributed by atoms with Crippen molar-refractivity contribution in [1.29, 1.82) is 0 Å². The van der Waals surface area contributed by atoms with Crippen molar-refractivity contribution in [3.05, 3.63) is 65.7 Å². The molecule has 2 atom stereocenters. The van der Waals surface area contributed by atoms with Crippen LogP contribution < -0.4 is 4.72 Å². The van der Waals surface area contributed by atoms with Gasteiger partial charge in [0.05, 0.1) is 4.90 Å². The summed E-state index contributed by atoms with van der Waals surface area (Å²) in [7, 11) is -4.06. The third kappa shape index (κ3) is 4.36. The van der Waals surface area contributed by atoms with Crippen LogP contribution in [0.1, 0.15) is 60.9 Å². The number of anilines is 1. The van der Waals surface area contributed by atoms with Gasteiger partial charge in [0.2, 0.25) is 5.13 Å². The SMILES string of the molecule is O=S(=O)(Nc1ncns1)c1ccc2c(c1)C(F)(F)CC[C@H]2N1CCCC[C@H]1c1cccnc1. The van der Waals surface area contributed by atoms with Crippen LogP contribution in [0.2, 0.25) is 0 Å². The van der Waals surface area contributed by atoms with Gasteiger partial charge in [0.25, 0.3) is 15.9 Å². The maximum absolute atomic E-state index is 15.0. The Labute approximate surface area is 195 Å². The molecule has 1 aliphatic heterocycles. The molecule has 0 spiro atoms. The molecule has 1 aromatic carbocycles. The number of halogens is 2. The van der Waals surface area contributed by atoms with Gasteiger partial charge < -0.3 is 0 Å². The van der Waals surface area contributed by atoms with Gasteiger partial charge in [-0.1, -0.05) is 18.6 Å². The van der Waals surface area contributed by atoms with Gasteiger partial charge in [-0.3, -0.25) is 14.6 Å². The van der Waals surface area contributed by atoms with E-state index in [-0.39, 0.29) is 34.1 Å². The molecule has 1 aliphatic carbocycles. The minimum atomic E-state index is -4.06. The van der Waals surface area contributed by atoms with E-state index < -0.39 is 15.9 Å². The van der Waals surface area contributed by atoms with E-state index in [9.17, 15) is 8.42 Å². The van der Waals surface area contributed by atoms with Gasteiger partial charge in [-0.15, -0.1) is 0 Å². The van der Waals surface area contributed by atoms with Gasteiger partial charge in [0, 0.05) is 48.0 Å². The number of hydrogen-bond acceptors (Lipinski definition) is 7. The van der Waals surface area contributed by atoms with Gasteiger partial charge in [-0.05, 0) is 55.1 Å². The summed E-state index contributed by atoms with van der Waals surface area (Å²) in [6, 6.07) is 7.89. The second kappa shape index (κ2) is 8.69. The summed E-state index contributed by atoms with van der Waals surface area (Å²) in [4.78, 5) is 10.1. The van der Waals surface area contributed by atoms with Crippen molar-refractivity contribution in [3.63, 3.8) is 0 Å². The summed E-state index contributed by atoms with van der Waals surface area (Å²) in [5.41, 5.74) is 1.36. The first-order chi connectivity index (χ1) is 15.9. The Bertz CT molecular complexity index is 1220. The molecule has 174 valence electrons. The molecule has 2 aliphatic rings. The Kier molecular flexibility index (Phi) is 5.87. The van der Waals surface area contributed by atoms with Crippen LogP contribution in [-0.4, -0.2) is 34.2 Å². The van der Waals surface area contributed by atoms with E-state index in [1.807, 2.05) is 18.3 Å². The number of pyridine rings is 1. The molecule has 33 heavy (non-hydrogen) atoms. The van der Waals surface area contributed by atoms with Crippen LogP contribution in [0.3, 0.4) is 0 Å². The molecule has 0 radical (unpaired) electrons. The molecule has 1 fully saturated rings. The van der Waals surface area contributed by atoms with Crippen molar-refractivity contribution < 1.29 is 17.2 Å². The third-order valence-corrected chi connectivity index (χ3v) is 8.46. The van der Waals surface area contributed by atoms with Crippen LogP contribution in [0.15, 0.2) is 53.9 Å². The average Bonchev–Trinajstić information content (AvgIpc) is 3.32. The summed E-state index contributed by atoms with van der Waals surface area (Å²) in [5.74, 6) is -3.10. The fourth-order valence-corrected chi connectivity index (χ4v) is 6.60. The maximum atomic E-state index is 15.0. The summed E-state index contributed by atoms with van der Waals surface area (Å²) in [6.07, 6.45) is 7.79. The molecular formula is C22H23F2N5O2S2. The van der Waals surface area contributed by atoms with Crippen molar-refractivity contribution in [3.8, 4) is 0 Å². The van der Waals surface area contributed by atoms with Crippen LogP contribution in [0, 0.1) is 0 Å². The highest BCUT2D eigenvalue weighted by molar-refractivity contribution is 7.93. The van der Waals surface area contributed by atoms with Gasteiger partial charge in [-0.2, -0.15) is 4.37 Å². The highest BCUT2D eigenvalue weighted by Gasteiger charge is 2.44. The second-order valence-electron chi connectivity index (χ2n) is 8.40. The topological polar surface area (TPSA) is 88.1 Å². The minimum absolute atomic E-state index is 0.0880. The first-order valence-electron chi connectivity index (χ1n) is 10.8. The molecule has 7 nitrogen and oxygen atoms in total. The molecule has 1 N–H and O–H groups in total. The van der Waals surface area contributed by atoms with Crippen LogP contribution in [-0.2, 0) is 15.9 Å². The lowest BCUT2D eigenvalue weighted by atomic mass is 9.82. The van der Waals surface area contributed by atoms with E-state index >= 15 is 8.78 Å². The summed E-state index contributed by atoms with van der Waals surface area (Å²) in [6.45, 7) is 0.799. The largest absolute Gasteiger partial charge is 0.289 e. The Balaban J connectivity index is 1.52. The molecule has 11 heteroatoms. The normalized spacial score (nSPS) is 23.1. The molecule has 3 aromatic rings. The highest BCUT2D eigenvalue weighted by Crippen LogP contribution is 2.49. The van der Waals surface area contributed by atoms with Crippen molar-refractivity contribution in [2.45, 2.75) is 55.0 Å². The maximum Gasteiger partial charge on any atom is 0.273 e. The molecular weight excluding hydrogens is 468 g/mol. The number of rotatable bonds is 5. The number of alkyl halides is 2. The number of sulfonamides is 1. The molecule has 0 amide bonds. The van der Waals surface area contributed by atoms with Gasteiger partial charge in [0.15, 0.2) is 0 Å². The fourth-order valence-electron chi connectivity index (χ4n) is 4.91. The zero-order valence-corrected chi connectivity index (χ0v) is 19.3. The summed E-state index contributed by atoms with van der Waals surface area (Å²) >= 11 is 0.879. The predicted molar refractivity (Wildman–Crippen MR) is 121 cm³/mol. The van der Waals surface area contributed by atoms with Crippen LogP contribution in [0.25, 0.3) is 0 Å². The van der Waals surface area contributed by atoms with Crippen LogP contribution >= 0.6 is 11.5 Å². The smallest absolute Gasteiger partial charge is 0.273 e. The zero-order chi connectivity index (χ0) is 23.1. The monoisotopic (exact) mass is 491 g/mol. The Morgan fingerprint density at radius 3 is 2.79 bits per heavy atom. The fraction of sp³-hybridized carbons (Fsp3) is 0.409. The molecule has 2 aromatic heterocycles. The lowest BCUT2D eigenvalue weighted by Crippen LogP contribution is -2.40. The number of piperidine rings is 1. The second-order valence-corrected chi connectivity index (χ2v) is 10.9. The van der Waals surface area contributed by atoms with E-state index in [1.165, 1.54) is 12.4 Å². The quantitative estimate of drug-likeness (QED) is 0.547. The van der Waals surface area contributed by atoms with E-state index in [1.54, 1.807) is 12.3 Å². The van der Waals surface area contributed by atoms with E-state index in [4.69, 9.17) is 0 Å². The van der Waals surface area contributed by atoms with Gasteiger partial charge >= 0.3 is 0 Å². The number of likely N-dealkylation sites (tertiary alicyclic amines) is 1. The Hall–Kier alpha value is -2.50. The van der Waals surface area contributed by atoms with Crippen molar-refractivity contribution in [2.24, 2.45) is 0 Å². The summed E-state index contributed by atoms with van der Waals surface area (Å²) in [5, 5.41) is 0.0880. The van der Waals surface area contributed by atoms with Gasteiger partial charge in [0.1, 0.15) is 6.33 Å². The van der Waals surface area contributed by atoms with Crippen molar-refractivity contribution >= 4 is 26.7 Å². The van der Waals surface area contributed by atoms with Crippen LogP contribution in [0.4, 0.5) is 13.9 Å². The molecule has 3 heterocycles. The van der Waals surface area contributed by atoms with Crippen LogP contribution in [0.5, 0.6) is 0 Å². The number of benzene rings is 1. The molecule has 0 bridgehead atoms. The zero-order valence-electron chi connectivity index (χ0n) is 17.7. The highest BCUT2D eigenvalue weighted by atomic mass is 32.2. The first-order valence-corrected chi connectivity index (χ1v) is 13.1. The first kappa shape index (κ1) is 22.3. The number of fused-ring (bicyclic) bond motifs is 1. The molecule has 5 rings (SSSR count). The standard InChI is InChI=1S/C22H23F2N5O2S2/c23-22(24)9-8-20(29-11-2-1-5-19(29)15-4-3-10-25-13-15)17-7-6-16(12-18(17)22)33(30,31)28-21-26-14-27-32-21/h3-4,6-7,10,12-14,19-20H,1-2,5,8-9,11H2,(H,26,27,28)/t19-,20+/m0/s1. The van der Waals surface area contributed by atoms with Crippen molar-refractivity contribution in [2.75, 3.05) is 11.3 Å². The number of hydrogen-bond donors (Lipinski definition) is 1. The third-order valence-electron chi connectivity index (χ3n) is 6.42. The molecule has 0 saturated carbocycles. The average molecular weight is 492 g/mol. The summed E-state index contributed by atoms with van der Waals surface area (Å²) < 4.78 is 61.7. The van der Waals surface area contributed by atoms with E-state index in [0.29, 0.717) is 12.0 Å².